The van der Waals surface area contributed by atoms with Crippen molar-refractivity contribution < 1.29 is 14.6 Å². The molecule has 5 nitrogen and oxygen atoms in total. The van der Waals surface area contributed by atoms with Crippen molar-refractivity contribution in [3.8, 4) is 5.75 Å². The summed E-state index contributed by atoms with van der Waals surface area (Å²) in [6, 6.07) is 16.0. The fourth-order valence-corrected chi connectivity index (χ4v) is 2.29. The molecule has 0 saturated carbocycles. The molecule has 4 N–H and O–H groups in total. The van der Waals surface area contributed by atoms with Crippen molar-refractivity contribution in [2.75, 3.05) is 38.6 Å². The number of aliphatic hydroxyl groups is 1. The predicted molar refractivity (Wildman–Crippen MR) is 96.1 cm³/mol. The molecule has 2 rings (SSSR count). The van der Waals surface area contributed by atoms with Crippen LogP contribution in [-0.2, 0) is 17.8 Å². The Morgan fingerprint density at radius 2 is 1.79 bits per heavy atom. The van der Waals surface area contributed by atoms with E-state index in [0.29, 0.717) is 31.3 Å². The third-order valence-corrected chi connectivity index (χ3v) is 3.56. The molecule has 0 spiro atoms. The van der Waals surface area contributed by atoms with E-state index in [4.69, 9.17) is 20.3 Å². The maximum absolute atomic E-state index is 8.60. The van der Waals surface area contributed by atoms with Crippen molar-refractivity contribution >= 4 is 5.69 Å². The fraction of sp³-hybridized carbons (Fsp3) is 0.368. The predicted octanol–water partition coefficient (Wildman–Crippen LogP) is 1.99. The molecule has 0 radical (unpaired) electrons. The van der Waals surface area contributed by atoms with Crippen LogP contribution in [0.1, 0.15) is 11.1 Å². The van der Waals surface area contributed by atoms with E-state index in [2.05, 4.69) is 5.32 Å². The zero-order valence-electron chi connectivity index (χ0n) is 13.9. The highest BCUT2D eigenvalue weighted by Gasteiger charge is 2.03. The van der Waals surface area contributed by atoms with Gasteiger partial charge in [-0.1, -0.05) is 36.4 Å². The molecule has 0 aliphatic rings. The first-order chi connectivity index (χ1) is 11.8. The number of nitrogen functional groups attached to an aromatic ring is 1. The lowest BCUT2D eigenvalue weighted by Crippen LogP contribution is -2.22. The van der Waals surface area contributed by atoms with Crippen molar-refractivity contribution in [2.24, 2.45) is 0 Å². The van der Waals surface area contributed by atoms with Gasteiger partial charge in [-0.2, -0.15) is 0 Å². The maximum Gasteiger partial charge on any atom is 0.142 e. The van der Waals surface area contributed by atoms with E-state index in [-0.39, 0.29) is 6.61 Å². The molecule has 0 aromatic heterocycles. The molecule has 0 amide bonds. The Labute approximate surface area is 143 Å². The van der Waals surface area contributed by atoms with Gasteiger partial charge in [-0.3, -0.25) is 0 Å². The second-order valence-electron chi connectivity index (χ2n) is 5.48. The van der Waals surface area contributed by atoms with Crippen molar-refractivity contribution in [2.45, 2.75) is 13.0 Å². The van der Waals surface area contributed by atoms with E-state index in [9.17, 15) is 0 Å². The summed E-state index contributed by atoms with van der Waals surface area (Å²) >= 11 is 0. The number of rotatable bonds is 11. The number of nitrogens with two attached hydrogens (primary N) is 1. The van der Waals surface area contributed by atoms with Crippen LogP contribution in [-0.4, -0.2) is 38.0 Å². The van der Waals surface area contributed by atoms with E-state index in [1.165, 1.54) is 5.56 Å². The molecule has 0 bridgehead atoms. The molecule has 0 heterocycles. The summed E-state index contributed by atoms with van der Waals surface area (Å²) in [4.78, 5) is 0. The summed E-state index contributed by atoms with van der Waals surface area (Å²) in [5.41, 5.74) is 9.03. The van der Waals surface area contributed by atoms with Gasteiger partial charge in [-0.25, -0.2) is 0 Å². The van der Waals surface area contributed by atoms with Crippen LogP contribution < -0.4 is 15.8 Å². The van der Waals surface area contributed by atoms with Crippen LogP contribution in [0, 0.1) is 0 Å². The summed E-state index contributed by atoms with van der Waals surface area (Å²) < 4.78 is 11.0. The molecule has 24 heavy (non-hydrogen) atoms. The second kappa shape index (κ2) is 10.6. The van der Waals surface area contributed by atoms with E-state index < -0.39 is 0 Å². The molecule has 2 aromatic rings. The number of nitrogens with one attached hydrogen (secondary N) is 1. The molecule has 2 aromatic carbocycles. The van der Waals surface area contributed by atoms with Crippen molar-refractivity contribution in [1.29, 1.82) is 0 Å². The zero-order valence-corrected chi connectivity index (χ0v) is 13.9. The summed E-state index contributed by atoms with van der Waals surface area (Å²) in [5.74, 6) is 0.716. The normalized spacial score (nSPS) is 10.7. The average molecular weight is 330 g/mol. The van der Waals surface area contributed by atoms with Gasteiger partial charge in [0, 0.05) is 6.54 Å². The molecule has 0 aliphatic carbocycles. The Kier molecular flexibility index (Phi) is 8.10. The van der Waals surface area contributed by atoms with Gasteiger partial charge in [0.25, 0.3) is 0 Å². The van der Waals surface area contributed by atoms with Gasteiger partial charge in [0.1, 0.15) is 12.4 Å². The van der Waals surface area contributed by atoms with Crippen LogP contribution >= 0.6 is 0 Å². The summed E-state index contributed by atoms with van der Waals surface area (Å²) in [5, 5.41) is 11.9. The Morgan fingerprint density at radius 1 is 0.958 bits per heavy atom. The van der Waals surface area contributed by atoms with E-state index in [1.54, 1.807) is 0 Å². The van der Waals surface area contributed by atoms with Gasteiger partial charge in [0.15, 0.2) is 0 Å². The van der Waals surface area contributed by atoms with Crippen molar-refractivity contribution in [3.05, 3.63) is 59.7 Å². The number of aliphatic hydroxyl groups excluding tert-OH is 1. The fourth-order valence-electron chi connectivity index (χ4n) is 2.29. The average Bonchev–Trinajstić information content (AvgIpc) is 2.61. The van der Waals surface area contributed by atoms with Gasteiger partial charge in [-0.15, -0.1) is 0 Å². The molecule has 0 unspecified atom stereocenters. The number of ether oxygens (including phenoxy) is 2. The van der Waals surface area contributed by atoms with Crippen LogP contribution in [0.15, 0.2) is 48.5 Å². The molecule has 130 valence electrons. The van der Waals surface area contributed by atoms with Crippen LogP contribution in [0.5, 0.6) is 5.75 Å². The SMILES string of the molecule is Nc1cc(CCNCCOCCO)ccc1OCc1ccccc1. The summed E-state index contributed by atoms with van der Waals surface area (Å²) in [6.45, 7) is 3.20. The second-order valence-corrected chi connectivity index (χ2v) is 5.48. The van der Waals surface area contributed by atoms with Crippen LogP contribution in [0.3, 0.4) is 0 Å². The molecule has 0 aliphatic heterocycles. The van der Waals surface area contributed by atoms with Crippen molar-refractivity contribution in [1.82, 2.24) is 5.32 Å². The number of hydrogen-bond donors (Lipinski definition) is 3. The van der Waals surface area contributed by atoms with Crippen molar-refractivity contribution in [3.63, 3.8) is 0 Å². The van der Waals surface area contributed by atoms with Gasteiger partial charge >= 0.3 is 0 Å². The Bertz CT molecular complexity index is 590. The summed E-state index contributed by atoms with van der Waals surface area (Å²) in [6.07, 6.45) is 0.892. The lowest BCUT2D eigenvalue weighted by atomic mass is 10.1. The first-order valence-corrected chi connectivity index (χ1v) is 8.24. The van der Waals surface area contributed by atoms with Gasteiger partial charge in [-0.05, 0) is 36.2 Å². The Hall–Kier alpha value is -2.08. The first kappa shape index (κ1) is 18.3. The van der Waals surface area contributed by atoms with Gasteiger partial charge < -0.3 is 25.6 Å². The highest BCUT2D eigenvalue weighted by atomic mass is 16.5. The topological polar surface area (TPSA) is 76.7 Å². The number of anilines is 1. The molecular formula is C19H26N2O3. The molecule has 0 fully saturated rings. The largest absolute Gasteiger partial charge is 0.487 e. The third-order valence-electron chi connectivity index (χ3n) is 3.56. The quantitative estimate of drug-likeness (QED) is 0.434. The number of hydrogen-bond acceptors (Lipinski definition) is 5. The Morgan fingerprint density at radius 3 is 2.54 bits per heavy atom. The molecule has 0 saturated heterocycles. The molecular weight excluding hydrogens is 304 g/mol. The lowest BCUT2D eigenvalue weighted by Gasteiger charge is -2.11. The molecule has 0 atom stereocenters. The Balaban J connectivity index is 1.71. The smallest absolute Gasteiger partial charge is 0.142 e. The van der Waals surface area contributed by atoms with Gasteiger partial charge in [0.2, 0.25) is 0 Å². The zero-order chi connectivity index (χ0) is 17.0. The minimum Gasteiger partial charge on any atom is -0.487 e. The lowest BCUT2D eigenvalue weighted by molar-refractivity contribution is 0.0940. The maximum atomic E-state index is 8.60. The minimum atomic E-state index is 0.0674. The molecule has 5 heteroatoms. The van der Waals surface area contributed by atoms with Crippen LogP contribution in [0.25, 0.3) is 0 Å². The van der Waals surface area contributed by atoms with Gasteiger partial charge in [0.05, 0.1) is 25.5 Å². The number of benzene rings is 2. The summed E-state index contributed by atoms with van der Waals surface area (Å²) in [7, 11) is 0. The van der Waals surface area contributed by atoms with Crippen LogP contribution in [0.4, 0.5) is 5.69 Å². The van der Waals surface area contributed by atoms with E-state index in [0.717, 1.165) is 25.1 Å². The van der Waals surface area contributed by atoms with E-state index in [1.807, 2.05) is 48.5 Å². The minimum absolute atomic E-state index is 0.0674. The first-order valence-electron chi connectivity index (χ1n) is 8.24. The standard InChI is InChI=1S/C19H26N2O3/c20-18-14-16(8-9-21-10-12-23-13-11-22)6-7-19(18)24-15-17-4-2-1-3-5-17/h1-7,14,21-22H,8-13,15,20H2. The highest BCUT2D eigenvalue weighted by Crippen LogP contribution is 2.23. The van der Waals surface area contributed by atoms with Crippen LogP contribution in [0.2, 0.25) is 0 Å². The third kappa shape index (κ3) is 6.58. The van der Waals surface area contributed by atoms with E-state index >= 15 is 0 Å². The highest BCUT2D eigenvalue weighted by molar-refractivity contribution is 5.54. The monoisotopic (exact) mass is 330 g/mol.